The van der Waals surface area contributed by atoms with Crippen LogP contribution in [0.15, 0.2) is 52.5 Å². The van der Waals surface area contributed by atoms with E-state index < -0.39 is 0 Å². The number of aromatic nitrogens is 3. The minimum atomic E-state index is 0.278. The first kappa shape index (κ1) is 18.4. The molecule has 0 aliphatic rings. The molecule has 0 spiro atoms. The van der Waals surface area contributed by atoms with E-state index in [-0.39, 0.29) is 6.61 Å². The minimum Gasteiger partial charge on any atom is -0.485 e. The zero-order chi connectivity index (χ0) is 18.5. The summed E-state index contributed by atoms with van der Waals surface area (Å²) in [4.78, 5) is 1.21. The number of hydrogen-bond acceptors (Lipinski definition) is 5. The Balaban J connectivity index is 1.75. The summed E-state index contributed by atoms with van der Waals surface area (Å²) < 4.78 is 7.90. The van der Waals surface area contributed by atoms with Crippen LogP contribution < -0.4 is 4.74 Å². The minimum absolute atomic E-state index is 0.278. The number of nitrogens with one attached hydrogen (secondary N) is 1. The van der Waals surface area contributed by atoms with E-state index in [1.54, 1.807) is 22.7 Å². The van der Waals surface area contributed by atoms with Crippen LogP contribution in [0.25, 0.3) is 0 Å². The number of aromatic amines is 1. The normalized spacial score (nSPS) is 11.2. The second-order valence-electron chi connectivity index (χ2n) is 5.83. The van der Waals surface area contributed by atoms with Crippen LogP contribution in [0.4, 0.5) is 0 Å². The third kappa shape index (κ3) is 4.42. The number of aryl methyl sites for hydroxylation is 2. The van der Waals surface area contributed by atoms with E-state index in [9.17, 15) is 0 Å². The first-order valence-corrected chi connectivity index (χ1v) is 9.75. The Hall–Kier alpha value is -2.38. The second kappa shape index (κ2) is 8.33. The first-order chi connectivity index (χ1) is 12.6. The van der Waals surface area contributed by atoms with Gasteiger partial charge in [0.2, 0.25) is 4.77 Å². The van der Waals surface area contributed by atoms with E-state index in [4.69, 9.17) is 17.0 Å². The van der Waals surface area contributed by atoms with Crippen LogP contribution in [-0.4, -0.2) is 27.3 Å². The van der Waals surface area contributed by atoms with Gasteiger partial charge in [-0.1, -0.05) is 29.8 Å². The highest BCUT2D eigenvalue weighted by molar-refractivity contribution is 7.98. The van der Waals surface area contributed by atoms with Gasteiger partial charge in [0, 0.05) is 4.90 Å². The van der Waals surface area contributed by atoms with Crippen molar-refractivity contribution in [3.8, 4) is 5.75 Å². The maximum atomic E-state index is 5.89. The molecule has 3 aromatic rings. The van der Waals surface area contributed by atoms with Crippen molar-refractivity contribution in [1.82, 2.24) is 14.9 Å². The molecule has 0 radical (unpaired) electrons. The monoisotopic (exact) mass is 384 g/mol. The largest absolute Gasteiger partial charge is 0.485 e. The van der Waals surface area contributed by atoms with E-state index in [2.05, 4.69) is 46.7 Å². The average molecular weight is 385 g/mol. The van der Waals surface area contributed by atoms with Gasteiger partial charge in [-0.25, -0.2) is 5.10 Å². The number of ether oxygens (including phenoxy) is 1. The van der Waals surface area contributed by atoms with Crippen LogP contribution in [0.5, 0.6) is 5.75 Å². The zero-order valence-corrected chi connectivity index (χ0v) is 16.5. The Morgan fingerprint density at radius 1 is 1.23 bits per heavy atom. The summed E-state index contributed by atoms with van der Waals surface area (Å²) in [5, 5.41) is 11.4. The molecule has 26 heavy (non-hydrogen) atoms. The Morgan fingerprint density at radius 3 is 2.69 bits per heavy atom. The average Bonchev–Trinajstić information content (AvgIpc) is 2.99. The van der Waals surface area contributed by atoms with Gasteiger partial charge in [-0.3, -0.25) is 0 Å². The van der Waals surface area contributed by atoms with Crippen molar-refractivity contribution in [2.24, 2.45) is 5.10 Å². The summed E-state index contributed by atoms with van der Waals surface area (Å²) in [6.07, 6.45) is 3.81. The van der Waals surface area contributed by atoms with Crippen molar-refractivity contribution in [2.45, 2.75) is 25.3 Å². The molecule has 134 valence electrons. The zero-order valence-electron chi connectivity index (χ0n) is 14.9. The standard InChI is InChI=1S/C19H20N4OS2/c1-13-4-9-17(14(2)10-13)24-12-18-21-22-19(25)23(18)20-11-15-5-7-16(26-3)8-6-15/h4-11H,12H2,1-3H3,(H,22,25)/b20-11-. The Labute approximate surface area is 162 Å². The van der Waals surface area contributed by atoms with E-state index >= 15 is 0 Å². The topological polar surface area (TPSA) is 55.2 Å². The number of nitrogens with zero attached hydrogens (tertiary/aromatic N) is 3. The van der Waals surface area contributed by atoms with Crippen molar-refractivity contribution < 1.29 is 4.74 Å². The highest BCUT2D eigenvalue weighted by Crippen LogP contribution is 2.20. The highest BCUT2D eigenvalue weighted by Gasteiger charge is 2.07. The summed E-state index contributed by atoms with van der Waals surface area (Å²) in [6, 6.07) is 14.2. The molecule has 0 aliphatic heterocycles. The smallest absolute Gasteiger partial charge is 0.216 e. The number of benzene rings is 2. The number of rotatable bonds is 6. The Bertz CT molecular complexity index is 974. The van der Waals surface area contributed by atoms with E-state index in [0.717, 1.165) is 16.9 Å². The third-order valence-electron chi connectivity index (χ3n) is 3.84. The fourth-order valence-corrected chi connectivity index (χ4v) is 3.06. The molecule has 0 amide bonds. The highest BCUT2D eigenvalue weighted by atomic mass is 32.2. The molecule has 5 nitrogen and oxygen atoms in total. The Kier molecular flexibility index (Phi) is 5.90. The van der Waals surface area contributed by atoms with E-state index in [1.165, 1.54) is 10.5 Å². The first-order valence-electron chi connectivity index (χ1n) is 8.11. The molecule has 1 heterocycles. The number of hydrogen-bond donors (Lipinski definition) is 1. The fourth-order valence-electron chi connectivity index (χ4n) is 2.45. The number of H-pyrrole nitrogens is 1. The third-order valence-corrected chi connectivity index (χ3v) is 4.85. The lowest BCUT2D eigenvalue weighted by atomic mass is 10.1. The van der Waals surface area contributed by atoms with Gasteiger partial charge in [-0.2, -0.15) is 14.9 Å². The molecule has 0 saturated heterocycles. The van der Waals surface area contributed by atoms with Crippen molar-refractivity contribution in [3.05, 3.63) is 69.8 Å². The summed E-state index contributed by atoms with van der Waals surface area (Å²) in [5.41, 5.74) is 3.28. The molecule has 2 aromatic carbocycles. The van der Waals surface area contributed by atoms with Crippen LogP contribution in [0, 0.1) is 18.6 Å². The van der Waals surface area contributed by atoms with Crippen LogP contribution in [0.1, 0.15) is 22.5 Å². The van der Waals surface area contributed by atoms with Gasteiger partial charge in [-0.15, -0.1) is 11.8 Å². The lowest BCUT2D eigenvalue weighted by Crippen LogP contribution is -2.05. The van der Waals surface area contributed by atoms with Crippen LogP contribution in [0.2, 0.25) is 0 Å². The summed E-state index contributed by atoms with van der Waals surface area (Å²) in [7, 11) is 0. The maximum Gasteiger partial charge on any atom is 0.216 e. The van der Waals surface area contributed by atoms with Gasteiger partial charge in [0.05, 0.1) is 6.21 Å². The number of thioether (sulfide) groups is 1. The van der Waals surface area contributed by atoms with E-state index in [1.807, 2.05) is 31.2 Å². The summed E-state index contributed by atoms with van der Waals surface area (Å²) >= 11 is 6.98. The van der Waals surface area contributed by atoms with Crippen LogP contribution >= 0.6 is 24.0 Å². The maximum absolute atomic E-state index is 5.89. The van der Waals surface area contributed by atoms with Gasteiger partial charge >= 0.3 is 0 Å². The molecular weight excluding hydrogens is 364 g/mol. The van der Waals surface area contributed by atoms with Crippen molar-refractivity contribution in [3.63, 3.8) is 0 Å². The predicted molar refractivity (Wildman–Crippen MR) is 109 cm³/mol. The second-order valence-corrected chi connectivity index (χ2v) is 7.10. The van der Waals surface area contributed by atoms with Gasteiger partial charge < -0.3 is 4.74 Å². The molecular formula is C19H20N4OS2. The summed E-state index contributed by atoms with van der Waals surface area (Å²) in [6.45, 7) is 4.36. The van der Waals surface area contributed by atoms with Crippen molar-refractivity contribution in [2.75, 3.05) is 6.26 Å². The van der Waals surface area contributed by atoms with Crippen LogP contribution in [-0.2, 0) is 6.61 Å². The molecule has 1 aromatic heterocycles. The predicted octanol–water partition coefficient (Wildman–Crippen LogP) is 4.74. The van der Waals surface area contributed by atoms with Gasteiger partial charge in [-0.05, 0) is 61.6 Å². The molecule has 0 fully saturated rings. The van der Waals surface area contributed by atoms with Gasteiger partial charge in [0.15, 0.2) is 5.82 Å². The van der Waals surface area contributed by atoms with Crippen molar-refractivity contribution >= 4 is 30.2 Å². The molecule has 7 heteroatoms. The van der Waals surface area contributed by atoms with Crippen LogP contribution in [0.3, 0.4) is 0 Å². The quantitative estimate of drug-likeness (QED) is 0.379. The molecule has 0 saturated carbocycles. The van der Waals surface area contributed by atoms with Gasteiger partial charge in [0.1, 0.15) is 12.4 Å². The molecule has 3 rings (SSSR count). The van der Waals surface area contributed by atoms with Gasteiger partial charge in [0.25, 0.3) is 0 Å². The summed E-state index contributed by atoms with van der Waals surface area (Å²) in [5.74, 6) is 1.44. The molecule has 0 atom stereocenters. The molecule has 1 N–H and O–H groups in total. The lowest BCUT2D eigenvalue weighted by molar-refractivity contribution is 0.288. The molecule has 0 unspecified atom stereocenters. The van der Waals surface area contributed by atoms with Crippen molar-refractivity contribution in [1.29, 1.82) is 0 Å². The molecule has 0 bridgehead atoms. The SMILES string of the molecule is CSc1ccc(/C=N\n2c(COc3ccc(C)cc3C)n[nH]c2=S)cc1. The Morgan fingerprint density at radius 2 is 2.00 bits per heavy atom. The lowest BCUT2D eigenvalue weighted by Gasteiger charge is -2.09. The fraction of sp³-hybridized carbons (Fsp3) is 0.211. The molecule has 0 aliphatic carbocycles. The van der Waals surface area contributed by atoms with E-state index in [0.29, 0.717) is 10.6 Å².